The van der Waals surface area contributed by atoms with Crippen molar-refractivity contribution >= 4 is 33.3 Å². The fourth-order valence-electron chi connectivity index (χ4n) is 3.75. The van der Waals surface area contributed by atoms with Crippen molar-refractivity contribution in [1.82, 2.24) is 9.80 Å². The molecule has 3 rings (SSSR count). The van der Waals surface area contributed by atoms with Gasteiger partial charge in [-0.25, -0.2) is 12.8 Å². The Morgan fingerprint density at radius 1 is 1.33 bits per heavy atom. The molecule has 0 aliphatic carbocycles. The highest BCUT2D eigenvalue weighted by molar-refractivity contribution is 7.93. The quantitative estimate of drug-likeness (QED) is 0.736. The van der Waals surface area contributed by atoms with Crippen LogP contribution in [-0.2, 0) is 19.4 Å². The number of methoxy groups -OCH3 is 1. The summed E-state index contributed by atoms with van der Waals surface area (Å²) in [6, 6.07) is 3.53. The van der Waals surface area contributed by atoms with Gasteiger partial charge in [0.15, 0.2) is 9.84 Å². The maximum atomic E-state index is 13.5. The number of piperidine rings is 1. The van der Waals surface area contributed by atoms with Gasteiger partial charge in [0.25, 0.3) is 5.91 Å². The molecule has 7 nitrogen and oxygen atoms in total. The van der Waals surface area contributed by atoms with Gasteiger partial charge in [-0.3, -0.25) is 9.59 Å². The summed E-state index contributed by atoms with van der Waals surface area (Å²) in [5.74, 6) is -2.01. The van der Waals surface area contributed by atoms with Crippen molar-refractivity contribution in [2.75, 3.05) is 39.1 Å². The first-order valence-corrected chi connectivity index (χ1v) is 10.5. The fraction of sp³-hybridized carbons (Fsp3) is 0.529. The van der Waals surface area contributed by atoms with E-state index in [-0.39, 0.29) is 49.7 Å². The lowest BCUT2D eigenvalue weighted by molar-refractivity contribution is -0.131. The molecular weight excluding hydrogens is 399 g/mol. The lowest BCUT2D eigenvalue weighted by Gasteiger charge is -2.43. The van der Waals surface area contributed by atoms with Gasteiger partial charge in [-0.2, -0.15) is 0 Å². The maximum Gasteiger partial charge on any atom is 0.255 e. The van der Waals surface area contributed by atoms with Gasteiger partial charge in [0.2, 0.25) is 5.91 Å². The van der Waals surface area contributed by atoms with Gasteiger partial charge in [0.1, 0.15) is 16.4 Å². The Morgan fingerprint density at radius 3 is 2.63 bits per heavy atom. The van der Waals surface area contributed by atoms with Crippen LogP contribution in [0, 0.1) is 5.82 Å². The summed E-state index contributed by atoms with van der Waals surface area (Å²) in [7, 11) is -2.19. The molecule has 10 heteroatoms. The summed E-state index contributed by atoms with van der Waals surface area (Å²) in [6.45, 7) is 0.659. The number of benzene rings is 1. The van der Waals surface area contributed by atoms with E-state index in [0.29, 0.717) is 0 Å². The Hall–Kier alpha value is -1.71. The van der Waals surface area contributed by atoms with E-state index < -0.39 is 38.1 Å². The number of ether oxygens (including phenoxy) is 1. The van der Waals surface area contributed by atoms with Crippen LogP contribution in [0.25, 0.3) is 0 Å². The average molecular weight is 419 g/mol. The lowest BCUT2D eigenvalue weighted by atomic mass is 10.0. The minimum Gasteiger partial charge on any atom is -0.383 e. The third-order valence-electron chi connectivity index (χ3n) is 5.20. The minimum absolute atomic E-state index is 0.0363. The summed E-state index contributed by atoms with van der Waals surface area (Å²) < 4.78 is 43.8. The van der Waals surface area contributed by atoms with Crippen LogP contribution in [-0.4, -0.2) is 74.0 Å². The number of carbonyl (C=O) groups excluding carboxylic acids is 2. The average Bonchev–Trinajstić information content (AvgIpc) is 2.80. The molecule has 2 amide bonds. The van der Waals surface area contributed by atoms with Crippen molar-refractivity contribution in [3.8, 4) is 0 Å². The summed E-state index contributed by atoms with van der Waals surface area (Å²) in [6.07, 6.45) is 0.201. The van der Waals surface area contributed by atoms with Crippen molar-refractivity contribution in [3.63, 3.8) is 0 Å². The Labute approximate surface area is 161 Å². The van der Waals surface area contributed by atoms with Crippen molar-refractivity contribution in [2.24, 2.45) is 0 Å². The molecule has 1 aromatic rings. The van der Waals surface area contributed by atoms with Crippen molar-refractivity contribution in [2.45, 2.75) is 17.7 Å². The van der Waals surface area contributed by atoms with E-state index in [1.165, 1.54) is 23.0 Å². The molecule has 0 radical (unpaired) electrons. The molecule has 148 valence electrons. The first kappa shape index (κ1) is 20.0. The Morgan fingerprint density at radius 2 is 2.00 bits per heavy atom. The highest BCUT2D eigenvalue weighted by atomic mass is 35.5. The molecule has 2 heterocycles. The number of nitrogens with zero attached hydrogens (tertiary/aromatic N) is 2. The number of hydrogen-bond donors (Lipinski definition) is 0. The number of rotatable bonds is 4. The first-order chi connectivity index (χ1) is 12.7. The number of carbonyl (C=O) groups is 2. The number of amides is 2. The molecule has 27 heavy (non-hydrogen) atoms. The first-order valence-electron chi connectivity index (χ1n) is 8.48. The van der Waals surface area contributed by atoms with E-state index in [9.17, 15) is 22.4 Å². The monoisotopic (exact) mass is 418 g/mol. The van der Waals surface area contributed by atoms with Crippen LogP contribution in [0.2, 0.25) is 5.02 Å². The summed E-state index contributed by atoms with van der Waals surface area (Å²) >= 11 is 6.00. The Kier molecular flexibility index (Phi) is 5.47. The van der Waals surface area contributed by atoms with Gasteiger partial charge >= 0.3 is 0 Å². The molecule has 2 fully saturated rings. The molecule has 0 atom stereocenters. The molecule has 2 aliphatic heterocycles. The molecule has 0 unspecified atom stereocenters. The Balaban J connectivity index is 1.81. The number of hydrogen-bond acceptors (Lipinski definition) is 5. The summed E-state index contributed by atoms with van der Waals surface area (Å²) in [5, 5.41) is 0.132. The largest absolute Gasteiger partial charge is 0.383 e. The van der Waals surface area contributed by atoms with Gasteiger partial charge in [-0.05, 0) is 18.2 Å². The predicted molar refractivity (Wildman–Crippen MR) is 96.7 cm³/mol. The molecule has 0 aromatic heterocycles. The maximum absolute atomic E-state index is 13.5. The van der Waals surface area contributed by atoms with Gasteiger partial charge in [0.05, 0.1) is 17.2 Å². The summed E-state index contributed by atoms with van der Waals surface area (Å²) in [4.78, 5) is 26.4. The minimum atomic E-state index is -3.67. The molecule has 2 aliphatic rings. The standard InChI is InChI=1S/C17H20ClFN2O5S/c1-26-9-8-21-15(22)11-27(24,25)17(21)4-6-20(7-5-17)16(23)13-10-12(19)2-3-14(13)18/h2-3,10H,4-9,11H2,1H3. The highest BCUT2D eigenvalue weighted by Crippen LogP contribution is 2.40. The van der Waals surface area contributed by atoms with Crippen LogP contribution >= 0.6 is 11.6 Å². The lowest BCUT2D eigenvalue weighted by Crippen LogP contribution is -2.57. The second-order valence-corrected chi connectivity index (χ2v) is 9.35. The Bertz CT molecular complexity index is 868. The molecule has 0 saturated carbocycles. The predicted octanol–water partition coefficient (Wildman–Crippen LogP) is 1.31. The smallest absolute Gasteiger partial charge is 0.255 e. The molecule has 0 bridgehead atoms. The molecule has 0 N–H and O–H groups in total. The van der Waals surface area contributed by atoms with Crippen LogP contribution in [0.5, 0.6) is 0 Å². The van der Waals surface area contributed by atoms with Crippen LogP contribution in [0.4, 0.5) is 4.39 Å². The zero-order valence-electron chi connectivity index (χ0n) is 14.8. The van der Waals surface area contributed by atoms with E-state index in [0.717, 1.165) is 12.1 Å². The normalized spacial score (nSPS) is 21.1. The zero-order valence-corrected chi connectivity index (χ0v) is 16.4. The van der Waals surface area contributed by atoms with Gasteiger partial charge in [-0.15, -0.1) is 0 Å². The van der Waals surface area contributed by atoms with Crippen LogP contribution in [0.3, 0.4) is 0 Å². The van der Waals surface area contributed by atoms with Crippen molar-refractivity contribution in [1.29, 1.82) is 0 Å². The second-order valence-electron chi connectivity index (χ2n) is 6.66. The number of sulfone groups is 1. The summed E-state index contributed by atoms with van der Waals surface area (Å²) in [5.41, 5.74) is 0.0363. The van der Waals surface area contributed by atoms with E-state index in [1.54, 1.807) is 0 Å². The van der Waals surface area contributed by atoms with Crippen LogP contribution < -0.4 is 0 Å². The molecule has 1 spiro atoms. The zero-order chi connectivity index (χ0) is 19.8. The number of likely N-dealkylation sites (tertiary alicyclic amines) is 1. The van der Waals surface area contributed by atoms with E-state index in [1.807, 2.05) is 0 Å². The van der Waals surface area contributed by atoms with Crippen LogP contribution in [0.1, 0.15) is 23.2 Å². The van der Waals surface area contributed by atoms with E-state index in [4.69, 9.17) is 16.3 Å². The molecule has 1 aromatic carbocycles. The second kappa shape index (κ2) is 7.37. The SMILES string of the molecule is COCCN1C(=O)CS(=O)(=O)C12CCN(C(=O)c1cc(F)ccc1Cl)CC2. The highest BCUT2D eigenvalue weighted by Gasteiger charge is 2.58. The van der Waals surface area contributed by atoms with Gasteiger partial charge in [0, 0.05) is 39.6 Å². The van der Waals surface area contributed by atoms with Crippen molar-refractivity contribution in [3.05, 3.63) is 34.6 Å². The van der Waals surface area contributed by atoms with E-state index in [2.05, 4.69) is 0 Å². The topological polar surface area (TPSA) is 84.0 Å². The number of halogens is 2. The van der Waals surface area contributed by atoms with Gasteiger partial charge < -0.3 is 14.5 Å². The third kappa shape index (κ3) is 3.43. The fourth-order valence-corrected chi connectivity index (χ4v) is 6.03. The molecular formula is C17H20ClFN2O5S. The van der Waals surface area contributed by atoms with E-state index >= 15 is 0 Å². The van der Waals surface area contributed by atoms with Gasteiger partial charge in [-0.1, -0.05) is 11.6 Å². The molecule has 2 saturated heterocycles. The van der Waals surface area contributed by atoms with Crippen molar-refractivity contribution < 1.29 is 27.1 Å². The van der Waals surface area contributed by atoms with Crippen LogP contribution in [0.15, 0.2) is 18.2 Å². The third-order valence-corrected chi connectivity index (χ3v) is 7.94.